The van der Waals surface area contributed by atoms with Gasteiger partial charge in [0.05, 0.1) is 13.2 Å². The van der Waals surface area contributed by atoms with E-state index in [9.17, 15) is 4.79 Å². The molecule has 0 fully saturated rings. The molecule has 4 heteroatoms. The molecule has 1 atom stereocenters. The molecule has 1 aromatic carbocycles. The lowest BCUT2D eigenvalue weighted by Crippen LogP contribution is -2.17. The normalized spacial score (nSPS) is 18.4. The molecule has 92 valence electrons. The molecule has 17 heavy (non-hydrogen) atoms. The van der Waals surface area contributed by atoms with E-state index in [4.69, 9.17) is 4.74 Å². The highest BCUT2D eigenvalue weighted by molar-refractivity contribution is 7.78. The van der Waals surface area contributed by atoms with Gasteiger partial charge in [-0.1, -0.05) is 38.6 Å². The molecule has 0 bridgehead atoms. The summed E-state index contributed by atoms with van der Waals surface area (Å²) in [6.45, 7) is 2.14. The molecule has 1 aliphatic rings. The third-order valence-electron chi connectivity index (χ3n) is 3.18. The minimum atomic E-state index is -0.0247. The largest absolute Gasteiger partial charge is 0.496 e. The number of carbonyl (C=O) groups is 1. The number of rotatable bonds is 4. The zero-order valence-electron chi connectivity index (χ0n) is 10.1. The molecule has 0 aliphatic carbocycles. The van der Waals surface area contributed by atoms with Crippen molar-refractivity contribution in [3.63, 3.8) is 0 Å². The molecule has 1 aliphatic heterocycles. The topological polar surface area (TPSA) is 29.5 Å². The van der Waals surface area contributed by atoms with Crippen LogP contribution >= 0.6 is 12.8 Å². The second-order valence-electron chi connectivity index (χ2n) is 4.23. The Kier molecular flexibility index (Phi) is 3.62. The van der Waals surface area contributed by atoms with Crippen molar-refractivity contribution in [3.8, 4) is 5.75 Å². The number of hydrogen-bond acceptors (Lipinski definition) is 3. The minimum absolute atomic E-state index is 0.0247. The fraction of sp³-hybridized carbons (Fsp3) is 0.462. The van der Waals surface area contributed by atoms with E-state index in [0.717, 1.165) is 36.1 Å². The Bertz CT molecular complexity index is 433. The molecule has 2 rings (SSSR count). The number of benzene rings is 1. The van der Waals surface area contributed by atoms with Crippen molar-refractivity contribution in [2.24, 2.45) is 0 Å². The fourth-order valence-electron chi connectivity index (χ4n) is 2.30. The first-order valence-corrected chi connectivity index (χ1v) is 6.30. The second kappa shape index (κ2) is 5.00. The molecule has 1 amide bonds. The van der Waals surface area contributed by atoms with Crippen LogP contribution in [0.15, 0.2) is 18.2 Å². The number of unbranched alkanes of at least 4 members (excludes halogenated alkanes) is 1. The summed E-state index contributed by atoms with van der Waals surface area (Å²) < 4.78 is 6.88. The van der Waals surface area contributed by atoms with Gasteiger partial charge in [0.15, 0.2) is 0 Å². The third-order valence-corrected chi connectivity index (χ3v) is 3.64. The minimum Gasteiger partial charge on any atom is -0.496 e. The Hall–Kier alpha value is -1.16. The summed E-state index contributed by atoms with van der Waals surface area (Å²) in [5.74, 6) is 0.761. The Labute approximate surface area is 107 Å². The number of fused-ring (bicyclic) bond motifs is 1. The molecule has 1 heterocycles. The number of amides is 1. The van der Waals surface area contributed by atoms with Crippen LogP contribution in [0, 0.1) is 0 Å². The summed E-state index contributed by atoms with van der Waals surface area (Å²) >= 11 is 4.31. The molecular weight excluding hydrogens is 234 g/mol. The van der Waals surface area contributed by atoms with Crippen LogP contribution in [0.4, 0.5) is 0 Å². The molecule has 3 nitrogen and oxygen atoms in total. The lowest BCUT2D eigenvalue weighted by molar-refractivity contribution is 0.0864. The van der Waals surface area contributed by atoms with Crippen molar-refractivity contribution in [2.45, 2.75) is 32.2 Å². The van der Waals surface area contributed by atoms with Crippen molar-refractivity contribution in [1.82, 2.24) is 4.31 Å². The van der Waals surface area contributed by atoms with E-state index in [1.807, 2.05) is 18.2 Å². The standard InChI is InChI=1S/C13H17NO2S/c1-3-4-7-10-12-9(13(15)14(10)17)6-5-8-11(12)16-2/h5-6,8,10,17H,3-4,7H2,1-2H3. The van der Waals surface area contributed by atoms with Crippen molar-refractivity contribution in [3.05, 3.63) is 29.3 Å². The number of nitrogens with zero attached hydrogens (tertiary/aromatic N) is 1. The molecule has 0 N–H and O–H groups in total. The molecule has 1 unspecified atom stereocenters. The van der Waals surface area contributed by atoms with Crippen LogP contribution in [0.3, 0.4) is 0 Å². The van der Waals surface area contributed by atoms with Gasteiger partial charge < -0.3 is 4.74 Å². The first-order chi connectivity index (χ1) is 8.20. The zero-order valence-corrected chi connectivity index (χ0v) is 11.0. The average molecular weight is 251 g/mol. The van der Waals surface area contributed by atoms with Crippen LogP contribution in [-0.4, -0.2) is 17.3 Å². The summed E-state index contributed by atoms with van der Waals surface area (Å²) in [5.41, 5.74) is 1.71. The molecule has 1 aromatic rings. The summed E-state index contributed by atoms with van der Waals surface area (Å²) in [5, 5.41) is 0. The molecule has 0 saturated heterocycles. The first kappa shape index (κ1) is 12.3. The zero-order chi connectivity index (χ0) is 12.4. The molecular formula is C13H17NO2S. The van der Waals surface area contributed by atoms with E-state index in [0.29, 0.717) is 0 Å². The van der Waals surface area contributed by atoms with Gasteiger partial charge in [-0.05, 0) is 18.6 Å². The maximum Gasteiger partial charge on any atom is 0.264 e. The maximum absolute atomic E-state index is 12.0. The van der Waals surface area contributed by atoms with Gasteiger partial charge in [0.1, 0.15) is 5.75 Å². The lowest BCUT2D eigenvalue weighted by atomic mass is 9.99. The Morgan fingerprint density at radius 2 is 2.24 bits per heavy atom. The quantitative estimate of drug-likeness (QED) is 0.833. The number of hydrogen-bond donors (Lipinski definition) is 1. The predicted octanol–water partition coefficient (Wildman–Crippen LogP) is 3.23. The van der Waals surface area contributed by atoms with E-state index in [1.165, 1.54) is 4.31 Å². The summed E-state index contributed by atoms with van der Waals surface area (Å²) in [7, 11) is 1.64. The lowest BCUT2D eigenvalue weighted by Gasteiger charge is -2.20. The Balaban J connectivity index is 2.42. The SMILES string of the molecule is CCCCC1c2c(OC)cccc2C(=O)N1S. The van der Waals surface area contributed by atoms with E-state index < -0.39 is 0 Å². The average Bonchev–Trinajstić information content (AvgIpc) is 2.60. The van der Waals surface area contributed by atoms with Gasteiger partial charge in [0.2, 0.25) is 0 Å². The summed E-state index contributed by atoms with van der Waals surface area (Å²) in [4.78, 5) is 12.0. The van der Waals surface area contributed by atoms with Gasteiger partial charge in [-0.2, -0.15) is 0 Å². The van der Waals surface area contributed by atoms with Crippen molar-refractivity contribution < 1.29 is 9.53 Å². The van der Waals surface area contributed by atoms with Gasteiger partial charge in [-0.25, -0.2) is 0 Å². The fourth-order valence-corrected chi connectivity index (χ4v) is 2.64. The van der Waals surface area contributed by atoms with Gasteiger partial charge in [-0.15, -0.1) is 0 Å². The second-order valence-corrected chi connectivity index (χ2v) is 4.66. The predicted molar refractivity (Wildman–Crippen MR) is 70.4 cm³/mol. The molecule has 0 spiro atoms. The van der Waals surface area contributed by atoms with Crippen LogP contribution in [0.2, 0.25) is 0 Å². The van der Waals surface area contributed by atoms with E-state index >= 15 is 0 Å². The number of carbonyl (C=O) groups excluding carboxylic acids is 1. The van der Waals surface area contributed by atoms with Gasteiger partial charge in [0.25, 0.3) is 5.91 Å². The van der Waals surface area contributed by atoms with E-state index in [2.05, 4.69) is 19.7 Å². The van der Waals surface area contributed by atoms with Crippen LogP contribution < -0.4 is 4.74 Å². The highest BCUT2D eigenvalue weighted by Gasteiger charge is 2.36. The Morgan fingerprint density at radius 1 is 1.47 bits per heavy atom. The third kappa shape index (κ3) is 2.02. The van der Waals surface area contributed by atoms with Gasteiger partial charge in [0, 0.05) is 11.1 Å². The number of methoxy groups -OCH3 is 1. The highest BCUT2D eigenvalue weighted by atomic mass is 32.1. The summed E-state index contributed by atoms with van der Waals surface area (Å²) in [6.07, 6.45) is 3.11. The van der Waals surface area contributed by atoms with Crippen LogP contribution in [-0.2, 0) is 0 Å². The molecule has 0 aromatic heterocycles. The maximum atomic E-state index is 12.0. The summed E-state index contributed by atoms with van der Waals surface area (Å²) in [6, 6.07) is 5.63. The van der Waals surface area contributed by atoms with E-state index in [1.54, 1.807) is 7.11 Å². The molecule has 0 saturated carbocycles. The highest BCUT2D eigenvalue weighted by Crippen LogP contribution is 2.42. The van der Waals surface area contributed by atoms with Crippen LogP contribution in [0.5, 0.6) is 5.75 Å². The van der Waals surface area contributed by atoms with Crippen LogP contribution in [0.1, 0.15) is 48.1 Å². The first-order valence-electron chi connectivity index (χ1n) is 5.90. The number of ether oxygens (including phenoxy) is 1. The smallest absolute Gasteiger partial charge is 0.264 e. The van der Waals surface area contributed by atoms with Crippen molar-refractivity contribution in [2.75, 3.05) is 7.11 Å². The van der Waals surface area contributed by atoms with E-state index in [-0.39, 0.29) is 11.9 Å². The van der Waals surface area contributed by atoms with Crippen LogP contribution in [0.25, 0.3) is 0 Å². The molecule has 0 radical (unpaired) electrons. The van der Waals surface area contributed by atoms with Crippen molar-refractivity contribution >= 4 is 18.7 Å². The Morgan fingerprint density at radius 3 is 2.88 bits per heavy atom. The monoisotopic (exact) mass is 251 g/mol. The van der Waals surface area contributed by atoms with Gasteiger partial charge in [-0.3, -0.25) is 9.10 Å². The number of thiol groups is 1. The van der Waals surface area contributed by atoms with Gasteiger partial charge >= 0.3 is 0 Å². The van der Waals surface area contributed by atoms with Crippen molar-refractivity contribution in [1.29, 1.82) is 0 Å².